The van der Waals surface area contributed by atoms with Gasteiger partial charge in [0.15, 0.2) is 0 Å². The molecule has 0 unspecified atom stereocenters. The Morgan fingerprint density at radius 1 is 1.14 bits per heavy atom. The van der Waals surface area contributed by atoms with Gasteiger partial charge in [-0.05, 0) is 42.7 Å². The lowest BCUT2D eigenvalue weighted by Gasteiger charge is -2.25. The van der Waals surface area contributed by atoms with E-state index in [2.05, 4.69) is 5.32 Å². The molecule has 0 atom stereocenters. The van der Waals surface area contributed by atoms with Crippen molar-refractivity contribution in [2.75, 3.05) is 25.5 Å². The Labute approximate surface area is 213 Å². The molecule has 0 saturated carbocycles. The number of amides is 5. The molecule has 13 heteroatoms. The third kappa shape index (κ3) is 5.91. The van der Waals surface area contributed by atoms with Crippen molar-refractivity contribution in [3.63, 3.8) is 0 Å². The fraction of sp³-hybridized carbons (Fsp3) is 0.391. The third-order valence-electron chi connectivity index (χ3n) is 5.84. The van der Waals surface area contributed by atoms with Crippen molar-refractivity contribution in [2.45, 2.75) is 44.6 Å². The number of imide groups is 1. The monoisotopic (exact) mass is 535 g/mol. The van der Waals surface area contributed by atoms with Crippen molar-refractivity contribution in [3.05, 3.63) is 45.8 Å². The third-order valence-corrected chi connectivity index (χ3v) is 8.85. The first-order valence-corrected chi connectivity index (χ1v) is 13.6. The Bertz CT molecular complexity index is 1290. The first-order valence-electron chi connectivity index (χ1n) is 11.3. The Morgan fingerprint density at radius 2 is 1.81 bits per heavy atom. The van der Waals surface area contributed by atoms with Gasteiger partial charge >= 0.3 is 6.03 Å². The van der Waals surface area contributed by atoms with Gasteiger partial charge in [0, 0.05) is 37.5 Å². The maximum atomic E-state index is 13.0. The minimum atomic E-state index is -3.68. The largest absolute Gasteiger partial charge is 0.351 e. The number of sulfonamides is 1. The molecule has 0 radical (unpaired) electrons. The summed E-state index contributed by atoms with van der Waals surface area (Å²) in [5, 5.41) is 4.94. The lowest BCUT2D eigenvalue weighted by molar-refractivity contribution is -0.129. The highest BCUT2D eigenvalue weighted by Gasteiger charge is 2.30. The van der Waals surface area contributed by atoms with E-state index >= 15 is 0 Å². The second-order valence-electron chi connectivity index (χ2n) is 8.38. The van der Waals surface area contributed by atoms with Crippen molar-refractivity contribution < 1.29 is 27.6 Å². The zero-order valence-corrected chi connectivity index (χ0v) is 21.9. The number of hydrogen-bond donors (Lipinski definition) is 3. The Balaban J connectivity index is 1.86. The Kier molecular flexibility index (Phi) is 8.48. The number of hydrogen-bond acceptors (Lipinski definition) is 7. The molecule has 5 amide bonds. The summed E-state index contributed by atoms with van der Waals surface area (Å²) >= 11 is 1.14. The van der Waals surface area contributed by atoms with Crippen LogP contribution in [0.15, 0.2) is 29.2 Å². The number of nitrogens with two attached hydrogens (primary N) is 1. The fourth-order valence-electron chi connectivity index (χ4n) is 3.81. The van der Waals surface area contributed by atoms with Crippen LogP contribution < -0.4 is 16.4 Å². The number of urea groups is 1. The summed E-state index contributed by atoms with van der Waals surface area (Å²) in [5.41, 5.74) is 6.07. The highest BCUT2D eigenvalue weighted by molar-refractivity contribution is 7.89. The van der Waals surface area contributed by atoms with Crippen molar-refractivity contribution in [3.8, 4) is 0 Å². The average molecular weight is 536 g/mol. The predicted molar refractivity (Wildman–Crippen MR) is 135 cm³/mol. The second-order valence-corrected chi connectivity index (χ2v) is 11.5. The number of carbonyl (C=O) groups excluding carboxylic acids is 4. The topological polar surface area (TPSA) is 159 Å². The van der Waals surface area contributed by atoms with Gasteiger partial charge in [-0.15, -0.1) is 11.3 Å². The molecular weight excluding hydrogens is 506 g/mol. The van der Waals surface area contributed by atoms with Crippen LogP contribution in [0.3, 0.4) is 0 Å². The van der Waals surface area contributed by atoms with Crippen LogP contribution in [-0.2, 0) is 27.8 Å². The van der Waals surface area contributed by atoms with Crippen LogP contribution in [0.1, 0.15) is 57.8 Å². The molecule has 0 aliphatic carbocycles. The summed E-state index contributed by atoms with van der Waals surface area (Å²) in [6.45, 7) is 4.49. The van der Waals surface area contributed by atoms with E-state index in [1.54, 1.807) is 4.90 Å². The van der Waals surface area contributed by atoms with Crippen molar-refractivity contribution in [1.82, 2.24) is 14.5 Å². The lowest BCUT2D eigenvalue weighted by atomic mass is 10.0. The Morgan fingerprint density at radius 3 is 2.39 bits per heavy atom. The molecule has 1 aliphatic rings. The molecule has 194 valence electrons. The molecule has 2 heterocycles. The van der Waals surface area contributed by atoms with Gasteiger partial charge in [0.25, 0.3) is 11.8 Å². The molecule has 1 aromatic carbocycles. The van der Waals surface area contributed by atoms with Gasteiger partial charge in [0.05, 0.1) is 17.0 Å². The molecule has 11 nitrogen and oxygen atoms in total. The van der Waals surface area contributed by atoms with E-state index in [1.807, 2.05) is 12.2 Å². The molecule has 0 bridgehead atoms. The minimum absolute atomic E-state index is 0.0649. The van der Waals surface area contributed by atoms with Crippen LogP contribution in [0, 0.1) is 0 Å². The number of benzene rings is 1. The molecule has 3 rings (SSSR count). The van der Waals surface area contributed by atoms with Crippen LogP contribution in [-0.4, -0.2) is 61.5 Å². The van der Waals surface area contributed by atoms with E-state index < -0.39 is 27.9 Å². The molecule has 36 heavy (non-hydrogen) atoms. The summed E-state index contributed by atoms with van der Waals surface area (Å²) < 4.78 is 26.7. The van der Waals surface area contributed by atoms with E-state index in [-0.39, 0.29) is 33.5 Å². The van der Waals surface area contributed by atoms with Gasteiger partial charge in [0.2, 0.25) is 15.9 Å². The first-order chi connectivity index (χ1) is 16.9. The molecule has 0 spiro atoms. The minimum Gasteiger partial charge on any atom is -0.351 e. The number of primary amides is 1. The zero-order valence-electron chi connectivity index (χ0n) is 20.3. The van der Waals surface area contributed by atoms with E-state index in [4.69, 9.17) is 5.73 Å². The van der Waals surface area contributed by atoms with E-state index in [1.165, 1.54) is 42.5 Å². The van der Waals surface area contributed by atoms with E-state index in [0.717, 1.165) is 29.1 Å². The SMILES string of the molecule is CCCCN(C)S(=O)(=O)c1ccc(C(=O)Nc2sc3c(c2C(=O)NC(N)=O)CCN(C(C)=O)C3)cc1. The molecule has 2 aromatic rings. The number of carbonyl (C=O) groups is 4. The number of nitrogens with zero attached hydrogens (tertiary/aromatic N) is 2. The van der Waals surface area contributed by atoms with Crippen molar-refractivity contribution >= 4 is 50.1 Å². The maximum absolute atomic E-state index is 13.0. The van der Waals surface area contributed by atoms with E-state index in [9.17, 15) is 27.6 Å². The van der Waals surface area contributed by atoms with E-state index in [0.29, 0.717) is 25.1 Å². The molecule has 1 aliphatic heterocycles. The predicted octanol–water partition coefficient (Wildman–Crippen LogP) is 2.13. The van der Waals surface area contributed by atoms with Gasteiger partial charge in [-0.2, -0.15) is 0 Å². The molecule has 4 N–H and O–H groups in total. The van der Waals surface area contributed by atoms with Crippen molar-refractivity contribution in [2.24, 2.45) is 5.73 Å². The highest BCUT2D eigenvalue weighted by Crippen LogP contribution is 2.37. The second kappa shape index (κ2) is 11.2. The van der Waals surface area contributed by atoms with Crippen molar-refractivity contribution in [1.29, 1.82) is 0 Å². The van der Waals surface area contributed by atoms with Crippen LogP contribution in [0.4, 0.5) is 9.80 Å². The van der Waals surface area contributed by atoms with Gasteiger partial charge in [-0.25, -0.2) is 17.5 Å². The lowest BCUT2D eigenvalue weighted by Crippen LogP contribution is -2.37. The number of anilines is 1. The summed E-state index contributed by atoms with van der Waals surface area (Å²) in [5.74, 6) is -1.42. The smallest absolute Gasteiger partial charge is 0.319 e. The normalized spacial score (nSPS) is 13.3. The zero-order chi connectivity index (χ0) is 26.6. The Hall–Kier alpha value is -3.29. The van der Waals surface area contributed by atoms with Crippen LogP contribution in [0.25, 0.3) is 0 Å². The summed E-state index contributed by atoms with van der Waals surface area (Å²) in [6, 6.07) is 4.47. The van der Waals surface area contributed by atoms with Gasteiger partial charge in [0.1, 0.15) is 5.00 Å². The summed E-state index contributed by atoms with van der Waals surface area (Å²) in [7, 11) is -2.17. The number of rotatable bonds is 8. The fourth-order valence-corrected chi connectivity index (χ4v) is 6.27. The quantitative estimate of drug-likeness (QED) is 0.470. The maximum Gasteiger partial charge on any atom is 0.319 e. The van der Waals surface area contributed by atoms with Gasteiger partial charge < -0.3 is 16.0 Å². The molecule has 0 saturated heterocycles. The molecule has 1 aromatic heterocycles. The highest BCUT2D eigenvalue weighted by atomic mass is 32.2. The van der Waals surface area contributed by atoms with Gasteiger partial charge in [-0.3, -0.25) is 19.7 Å². The molecule has 0 fully saturated rings. The van der Waals surface area contributed by atoms with Crippen LogP contribution in [0.5, 0.6) is 0 Å². The number of nitrogens with one attached hydrogen (secondary N) is 2. The van der Waals surface area contributed by atoms with Gasteiger partial charge in [-0.1, -0.05) is 13.3 Å². The first kappa shape index (κ1) is 27.3. The van der Waals surface area contributed by atoms with Crippen LogP contribution in [0.2, 0.25) is 0 Å². The van der Waals surface area contributed by atoms with Crippen LogP contribution >= 0.6 is 11.3 Å². The number of unbranched alkanes of at least 4 members (excludes halogenated alkanes) is 1. The summed E-state index contributed by atoms with van der Waals surface area (Å²) in [4.78, 5) is 51.2. The summed E-state index contributed by atoms with van der Waals surface area (Å²) in [6.07, 6.45) is 1.97. The standard InChI is InChI=1S/C23H29N5O6S2/c1-4-5-11-27(3)36(33,34)16-8-6-15(7-9-16)20(30)25-22-19(21(31)26-23(24)32)17-10-12-28(14(2)29)13-18(17)35-22/h6-9H,4-5,10-13H2,1-3H3,(H,25,30)(H3,24,26,31,32). The number of fused-ring (bicyclic) bond motifs is 1. The number of thiophene rings is 1. The average Bonchev–Trinajstić information content (AvgIpc) is 3.19. The molecular formula is C23H29N5O6S2.